The minimum absolute atomic E-state index is 0.110. The zero-order chi connectivity index (χ0) is 13.0. The largest absolute Gasteiger partial charge is 0.341 e. The van der Waals surface area contributed by atoms with Crippen molar-refractivity contribution < 1.29 is 4.79 Å². The van der Waals surface area contributed by atoms with E-state index in [0.717, 1.165) is 38.8 Å². The lowest BCUT2D eigenvalue weighted by Crippen LogP contribution is -2.46. The highest BCUT2D eigenvalue weighted by atomic mass is 16.2. The molecule has 3 heteroatoms. The van der Waals surface area contributed by atoms with Crippen LogP contribution in [0.15, 0.2) is 0 Å². The normalized spacial score (nSPS) is 22.9. The number of hydrogen-bond donors (Lipinski definition) is 0. The Balaban J connectivity index is 2.03. The van der Waals surface area contributed by atoms with Gasteiger partial charge in [0, 0.05) is 13.1 Å². The Kier molecular flexibility index (Phi) is 4.27. The van der Waals surface area contributed by atoms with Crippen molar-refractivity contribution in [3.8, 4) is 6.07 Å². The number of rotatable bonds is 4. The van der Waals surface area contributed by atoms with Gasteiger partial charge in [-0.1, -0.05) is 25.7 Å². The van der Waals surface area contributed by atoms with Crippen molar-refractivity contribution in [1.29, 1.82) is 5.26 Å². The molecule has 2 fully saturated rings. The summed E-state index contributed by atoms with van der Waals surface area (Å²) < 4.78 is 0. The number of carbonyl (C=O) groups is 1. The average Bonchev–Trinajstić information content (AvgIpc) is 2.38. The van der Waals surface area contributed by atoms with Crippen molar-refractivity contribution in [3.63, 3.8) is 0 Å². The van der Waals surface area contributed by atoms with Crippen LogP contribution < -0.4 is 0 Å². The van der Waals surface area contributed by atoms with E-state index in [1.165, 1.54) is 25.7 Å². The molecule has 0 unspecified atom stereocenters. The molecule has 0 bridgehead atoms. The van der Waals surface area contributed by atoms with Gasteiger partial charge in [-0.25, -0.2) is 0 Å². The Morgan fingerprint density at radius 3 is 2.39 bits per heavy atom. The Labute approximate surface area is 110 Å². The van der Waals surface area contributed by atoms with Gasteiger partial charge in [0.2, 0.25) is 5.91 Å². The van der Waals surface area contributed by atoms with Crippen LogP contribution in [-0.4, -0.2) is 23.9 Å². The highest BCUT2D eigenvalue weighted by Gasteiger charge is 2.42. The molecule has 100 valence electrons. The summed E-state index contributed by atoms with van der Waals surface area (Å²) in [6.45, 7) is 3.65. The summed E-state index contributed by atoms with van der Waals surface area (Å²) in [5, 5.41) is 9.46. The van der Waals surface area contributed by atoms with Gasteiger partial charge in [-0.15, -0.1) is 0 Å². The molecular formula is C15H24N2O. The van der Waals surface area contributed by atoms with Crippen LogP contribution in [0.5, 0.6) is 0 Å². The highest BCUT2D eigenvalue weighted by molar-refractivity contribution is 5.85. The van der Waals surface area contributed by atoms with Gasteiger partial charge in [0.25, 0.3) is 0 Å². The van der Waals surface area contributed by atoms with Gasteiger partial charge in [0.1, 0.15) is 5.41 Å². The van der Waals surface area contributed by atoms with E-state index in [9.17, 15) is 10.1 Å². The summed E-state index contributed by atoms with van der Waals surface area (Å²) in [6, 6.07) is 2.35. The topological polar surface area (TPSA) is 44.1 Å². The maximum Gasteiger partial charge on any atom is 0.243 e. The van der Waals surface area contributed by atoms with Crippen molar-refractivity contribution in [2.45, 2.75) is 58.3 Å². The molecule has 0 heterocycles. The molecule has 0 aromatic heterocycles. The second kappa shape index (κ2) is 5.73. The maximum atomic E-state index is 12.7. The Morgan fingerprint density at radius 2 is 1.94 bits per heavy atom. The lowest BCUT2D eigenvalue weighted by molar-refractivity contribution is -0.141. The van der Waals surface area contributed by atoms with Crippen LogP contribution in [0.1, 0.15) is 58.3 Å². The molecule has 2 rings (SSSR count). The predicted molar refractivity (Wildman–Crippen MR) is 70.7 cm³/mol. The fraction of sp³-hybridized carbons (Fsp3) is 0.867. The first kappa shape index (κ1) is 13.4. The molecule has 0 spiro atoms. The van der Waals surface area contributed by atoms with E-state index in [0.29, 0.717) is 5.92 Å². The highest BCUT2D eigenvalue weighted by Crippen LogP contribution is 2.38. The molecule has 0 aromatic rings. The molecule has 0 aliphatic heterocycles. The van der Waals surface area contributed by atoms with E-state index in [4.69, 9.17) is 0 Å². The minimum atomic E-state index is -0.696. The molecule has 3 nitrogen and oxygen atoms in total. The first-order valence-electron chi connectivity index (χ1n) is 7.42. The summed E-state index contributed by atoms with van der Waals surface area (Å²) in [5.74, 6) is 0.798. The summed E-state index contributed by atoms with van der Waals surface area (Å²) in [7, 11) is 0. The van der Waals surface area contributed by atoms with Crippen molar-refractivity contribution in [2.24, 2.45) is 11.3 Å². The van der Waals surface area contributed by atoms with E-state index >= 15 is 0 Å². The molecule has 0 atom stereocenters. The van der Waals surface area contributed by atoms with Crippen LogP contribution in [0.25, 0.3) is 0 Å². The summed E-state index contributed by atoms with van der Waals surface area (Å²) in [6.07, 6.45) is 8.57. The zero-order valence-corrected chi connectivity index (χ0v) is 11.5. The Bertz CT molecular complexity index is 335. The fourth-order valence-electron chi connectivity index (χ4n) is 3.17. The van der Waals surface area contributed by atoms with Crippen LogP contribution in [0.3, 0.4) is 0 Å². The number of hydrogen-bond acceptors (Lipinski definition) is 2. The molecule has 0 radical (unpaired) electrons. The lowest BCUT2D eigenvalue weighted by atomic mass is 9.74. The van der Waals surface area contributed by atoms with Crippen LogP contribution in [0, 0.1) is 22.7 Å². The van der Waals surface area contributed by atoms with Gasteiger partial charge >= 0.3 is 0 Å². The standard InChI is InChI=1S/C15H24N2O/c1-2-17(11-13-7-6-8-13)14(18)15(12-16)9-4-3-5-10-15/h13H,2-11H2,1H3. The van der Waals surface area contributed by atoms with Gasteiger partial charge < -0.3 is 4.90 Å². The van der Waals surface area contributed by atoms with Gasteiger partial charge in [-0.2, -0.15) is 5.26 Å². The summed E-state index contributed by atoms with van der Waals surface area (Å²) >= 11 is 0. The SMILES string of the molecule is CCN(CC1CCC1)C(=O)C1(C#N)CCCCC1. The van der Waals surface area contributed by atoms with E-state index in [2.05, 4.69) is 6.07 Å². The Hall–Kier alpha value is -1.04. The van der Waals surface area contributed by atoms with Gasteiger partial charge in [-0.05, 0) is 38.5 Å². The van der Waals surface area contributed by atoms with E-state index in [-0.39, 0.29) is 5.91 Å². The van der Waals surface area contributed by atoms with Crippen LogP contribution in [-0.2, 0) is 4.79 Å². The second-order valence-electron chi connectivity index (χ2n) is 5.90. The van der Waals surface area contributed by atoms with Crippen molar-refractivity contribution >= 4 is 5.91 Å². The fourth-order valence-corrected chi connectivity index (χ4v) is 3.17. The van der Waals surface area contributed by atoms with E-state index in [1.807, 2.05) is 11.8 Å². The molecular weight excluding hydrogens is 224 g/mol. The third-order valence-corrected chi connectivity index (χ3v) is 4.70. The minimum Gasteiger partial charge on any atom is -0.341 e. The molecule has 18 heavy (non-hydrogen) atoms. The number of amides is 1. The van der Waals surface area contributed by atoms with Gasteiger partial charge in [0.15, 0.2) is 0 Å². The molecule has 0 aromatic carbocycles. The van der Waals surface area contributed by atoms with E-state index < -0.39 is 5.41 Å². The first-order valence-corrected chi connectivity index (χ1v) is 7.42. The monoisotopic (exact) mass is 248 g/mol. The molecule has 1 amide bonds. The van der Waals surface area contributed by atoms with Crippen LogP contribution >= 0.6 is 0 Å². The number of nitrogens with zero attached hydrogens (tertiary/aromatic N) is 2. The van der Waals surface area contributed by atoms with Crippen LogP contribution in [0.2, 0.25) is 0 Å². The molecule has 0 saturated heterocycles. The van der Waals surface area contributed by atoms with Crippen molar-refractivity contribution in [1.82, 2.24) is 4.90 Å². The quantitative estimate of drug-likeness (QED) is 0.767. The average molecular weight is 248 g/mol. The molecule has 0 N–H and O–H groups in total. The molecule has 2 aliphatic carbocycles. The molecule has 2 saturated carbocycles. The smallest absolute Gasteiger partial charge is 0.243 e. The third-order valence-electron chi connectivity index (χ3n) is 4.70. The predicted octanol–water partition coefficient (Wildman–Crippen LogP) is 3.11. The maximum absolute atomic E-state index is 12.7. The van der Waals surface area contributed by atoms with Gasteiger partial charge in [-0.3, -0.25) is 4.79 Å². The molecule has 2 aliphatic rings. The van der Waals surface area contributed by atoms with Crippen molar-refractivity contribution in [2.75, 3.05) is 13.1 Å². The Morgan fingerprint density at radius 1 is 1.28 bits per heavy atom. The van der Waals surface area contributed by atoms with Crippen LogP contribution in [0.4, 0.5) is 0 Å². The summed E-state index contributed by atoms with van der Waals surface area (Å²) in [4.78, 5) is 14.6. The van der Waals surface area contributed by atoms with E-state index in [1.54, 1.807) is 0 Å². The summed E-state index contributed by atoms with van der Waals surface area (Å²) in [5.41, 5.74) is -0.696. The zero-order valence-electron chi connectivity index (χ0n) is 11.5. The van der Waals surface area contributed by atoms with Gasteiger partial charge in [0.05, 0.1) is 6.07 Å². The number of nitriles is 1. The lowest BCUT2D eigenvalue weighted by Gasteiger charge is -2.37. The van der Waals surface area contributed by atoms with Crippen molar-refractivity contribution in [3.05, 3.63) is 0 Å². The second-order valence-corrected chi connectivity index (χ2v) is 5.90. The first-order chi connectivity index (χ1) is 8.72. The third kappa shape index (κ3) is 2.53. The number of carbonyl (C=O) groups excluding carboxylic acids is 1.